The van der Waals surface area contributed by atoms with Gasteiger partial charge in [0.25, 0.3) is 0 Å². The summed E-state index contributed by atoms with van der Waals surface area (Å²) in [5.74, 6) is 0. The topological polar surface area (TPSA) is 33.0 Å². The molecule has 0 heterocycles. The monoisotopic (exact) mass is 407 g/mol. The molecule has 0 N–H and O–H groups in total. The van der Waals surface area contributed by atoms with Crippen LogP contribution in [0.2, 0.25) is 24.2 Å². The van der Waals surface area contributed by atoms with E-state index < -0.39 is 16.6 Å². The number of nitriles is 1. The van der Waals surface area contributed by atoms with Gasteiger partial charge in [0.15, 0.2) is 0 Å². The molecule has 0 fully saturated rings. The van der Waals surface area contributed by atoms with E-state index in [-0.39, 0.29) is 0 Å². The molecule has 0 aliphatic heterocycles. The Balaban J connectivity index is 2.38. The van der Waals surface area contributed by atoms with Crippen LogP contribution in [0.25, 0.3) is 11.1 Å². The Morgan fingerprint density at radius 2 is 1.32 bits per heavy atom. The second kappa shape index (κ2) is 10.0. The highest BCUT2D eigenvalue weighted by Crippen LogP contribution is 2.29. The van der Waals surface area contributed by atoms with Gasteiger partial charge in [-0.2, -0.15) is 5.26 Å². The largest absolute Gasteiger partial charge is 0.448 e. The van der Waals surface area contributed by atoms with Crippen molar-refractivity contribution in [1.29, 1.82) is 5.26 Å². The van der Waals surface area contributed by atoms with Crippen LogP contribution in [0.5, 0.6) is 0 Å². The van der Waals surface area contributed by atoms with E-state index >= 15 is 0 Å². The summed E-state index contributed by atoms with van der Waals surface area (Å²) in [7, 11) is -3.85. The van der Waals surface area contributed by atoms with Crippen molar-refractivity contribution in [3.63, 3.8) is 0 Å². The summed E-state index contributed by atoms with van der Waals surface area (Å²) in [5.41, 5.74) is 5.42. The SMILES string of the molecule is CC=C[Si](CC)(CC)O[Si](CC)(CC)c1ccc(-c2ccc(C#N)cc2)cc1. The zero-order chi connectivity index (χ0) is 20.6. The number of allylic oxidation sites excluding steroid dienone is 1. The van der Waals surface area contributed by atoms with E-state index in [1.807, 2.05) is 24.3 Å². The maximum atomic E-state index is 8.99. The van der Waals surface area contributed by atoms with Crippen LogP contribution in [0.15, 0.2) is 60.3 Å². The quantitative estimate of drug-likeness (QED) is 0.442. The molecule has 0 unspecified atom stereocenters. The summed E-state index contributed by atoms with van der Waals surface area (Å²) in [4.78, 5) is 0. The standard InChI is InChI=1S/C24H33NOSi2/c1-6-19-27(7-2,8-3)26-28(9-4,10-5)24-17-15-23(16-18-24)22-13-11-21(20-25)12-14-22/h6,11-19H,7-10H2,1-5H3. The average molecular weight is 408 g/mol. The number of rotatable bonds is 9. The van der Waals surface area contributed by atoms with Crippen LogP contribution in [0, 0.1) is 11.3 Å². The third-order valence-electron chi connectivity index (χ3n) is 5.97. The van der Waals surface area contributed by atoms with Crippen molar-refractivity contribution in [2.24, 2.45) is 0 Å². The lowest BCUT2D eigenvalue weighted by molar-refractivity contribution is 0.539. The number of nitrogens with zero attached hydrogens (tertiary/aromatic N) is 1. The van der Waals surface area contributed by atoms with Crippen molar-refractivity contribution < 1.29 is 4.12 Å². The molecule has 148 valence electrons. The zero-order valence-electron chi connectivity index (χ0n) is 18.0. The molecule has 0 aliphatic carbocycles. The van der Waals surface area contributed by atoms with Crippen molar-refractivity contribution in [1.82, 2.24) is 0 Å². The van der Waals surface area contributed by atoms with Crippen LogP contribution in [0.1, 0.15) is 40.2 Å². The van der Waals surface area contributed by atoms with Crippen molar-refractivity contribution in [3.05, 3.63) is 65.9 Å². The van der Waals surface area contributed by atoms with E-state index in [1.54, 1.807) is 0 Å². The fourth-order valence-corrected chi connectivity index (χ4v) is 13.8. The molecular formula is C24H33NOSi2. The van der Waals surface area contributed by atoms with E-state index in [2.05, 4.69) is 76.7 Å². The zero-order valence-corrected chi connectivity index (χ0v) is 20.0. The van der Waals surface area contributed by atoms with Crippen molar-refractivity contribution >= 4 is 21.8 Å². The summed E-state index contributed by atoms with van der Waals surface area (Å²) >= 11 is 0. The molecule has 0 saturated carbocycles. The van der Waals surface area contributed by atoms with Crippen molar-refractivity contribution in [2.45, 2.75) is 58.8 Å². The highest BCUT2D eigenvalue weighted by molar-refractivity contribution is 6.95. The molecule has 0 spiro atoms. The van der Waals surface area contributed by atoms with Gasteiger partial charge in [-0.05, 0) is 59.5 Å². The van der Waals surface area contributed by atoms with Gasteiger partial charge in [-0.1, -0.05) is 75.9 Å². The Morgan fingerprint density at radius 1 is 0.821 bits per heavy atom. The lowest BCUT2D eigenvalue weighted by Crippen LogP contribution is -2.57. The molecule has 2 aromatic rings. The molecular weight excluding hydrogens is 374 g/mol. The molecule has 0 radical (unpaired) electrons. The van der Waals surface area contributed by atoms with Crippen LogP contribution in [-0.2, 0) is 4.12 Å². The Labute approximate surface area is 173 Å². The predicted octanol–water partition coefficient (Wildman–Crippen LogP) is 6.53. The van der Waals surface area contributed by atoms with Gasteiger partial charge in [0.05, 0.1) is 11.6 Å². The molecule has 0 bridgehead atoms. The van der Waals surface area contributed by atoms with E-state index in [0.29, 0.717) is 5.56 Å². The third-order valence-corrected chi connectivity index (χ3v) is 16.2. The number of hydrogen-bond acceptors (Lipinski definition) is 2. The fraction of sp³-hybridized carbons (Fsp3) is 0.375. The Morgan fingerprint density at radius 3 is 1.71 bits per heavy atom. The minimum absolute atomic E-state index is 0.696. The first-order valence-electron chi connectivity index (χ1n) is 10.5. The summed E-state index contributed by atoms with van der Waals surface area (Å²) < 4.78 is 7.18. The second-order valence-electron chi connectivity index (χ2n) is 7.34. The Bertz CT molecular complexity index is 811. The van der Waals surface area contributed by atoms with Crippen molar-refractivity contribution in [2.75, 3.05) is 0 Å². The van der Waals surface area contributed by atoms with Gasteiger partial charge in [0.2, 0.25) is 16.6 Å². The maximum Gasteiger partial charge on any atom is 0.211 e. The number of benzene rings is 2. The highest BCUT2D eigenvalue weighted by Gasteiger charge is 2.41. The molecule has 0 atom stereocenters. The number of hydrogen-bond donors (Lipinski definition) is 0. The minimum Gasteiger partial charge on any atom is -0.448 e. The van der Waals surface area contributed by atoms with Gasteiger partial charge >= 0.3 is 0 Å². The molecule has 2 nitrogen and oxygen atoms in total. The molecule has 0 saturated heterocycles. The predicted molar refractivity (Wildman–Crippen MR) is 126 cm³/mol. The fourth-order valence-electron chi connectivity index (χ4n) is 3.92. The maximum absolute atomic E-state index is 8.99. The van der Waals surface area contributed by atoms with Gasteiger partial charge < -0.3 is 4.12 Å². The molecule has 0 amide bonds. The van der Waals surface area contributed by atoms with Crippen LogP contribution in [0.4, 0.5) is 0 Å². The summed E-state index contributed by atoms with van der Waals surface area (Å²) in [6.45, 7) is 11.3. The molecule has 4 heteroatoms. The normalized spacial score (nSPS) is 12.3. The van der Waals surface area contributed by atoms with Gasteiger partial charge in [-0.25, -0.2) is 0 Å². The molecule has 2 rings (SSSR count). The molecule has 0 aliphatic rings. The molecule has 2 aromatic carbocycles. The van der Waals surface area contributed by atoms with E-state index in [4.69, 9.17) is 9.38 Å². The van der Waals surface area contributed by atoms with E-state index in [9.17, 15) is 0 Å². The Kier molecular flexibility index (Phi) is 8.00. The summed E-state index contributed by atoms with van der Waals surface area (Å²) in [6.07, 6.45) is 2.19. The highest BCUT2D eigenvalue weighted by atomic mass is 28.4. The van der Waals surface area contributed by atoms with Crippen LogP contribution < -0.4 is 5.19 Å². The summed E-state index contributed by atoms with van der Waals surface area (Å²) in [6, 6.07) is 23.4. The first-order chi connectivity index (χ1) is 13.5. The Hall–Kier alpha value is -1.94. The minimum atomic E-state index is -2.01. The second-order valence-corrected chi connectivity index (χ2v) is 16.0. The summed E-state index contributed by atoms with van der Waals surface area (Å²) in [5, 5.41) is 10.4. The van der Waals surface area contributed by atoms with E-state index in [1.165, 1.54) is 10.8 Å². The average Bonchev–Trinajstić information content (AvgIpc) is 2.77. The molecule has 28 heavy (non-hydrogen) atoms. The van der Waals surface area contributed by atoms with Gasteiger partial charge in [-0.15, -0.1) is 0 Å². The van der Waals surface area contributed by atoms with Crippen LogP contribution >= 0.6 is 0 Å². The van der Waals surface area contributed by atoms with Gasteiger partial charge in [0.1, 0.15) is 0 Å². The van der Waals surface area contributed by atoms with Gasteiger partial charge in [0, 0.05) is 0 Å². The molecule has 0 aromatic heterocycles. The first kappa shape index (κ1) is 22.4. The van der Waals surface area contributed by atoms with Crippen LogP contribution in [0.3, 0.4) is 0 Å². The van der Waals surface area contributed by atoms with E-state index in [0.717, 1.165) is 29.7 Å². The third kappa shape index (κ3) is 4.72. The first-order valence-corrected chi connectivity index (χ1v) is 15.2. The lowest BCUT2D eigenvalue weighted by atomic mass is 10.0. The smallest absolute Gasteiger partial charge is 0.211 e. The lowest BCUT2D eigenvalue weighted by Gasteiger charge is -2.40. The van der Waals surface area contributed by atoms with Crippen LogP contribution in [-0.4, -0.2) is 16.6 Å². The van der Waals surface area contributed by atoms with Gasteiger partial charge in [-0.3, -0.25) is 0 Å². The van der Waals surface area contributed by atoms with Crippen molar-refractivity contribution in [3.8, 4) is 17.2 Å².